The van der Waals surface area contributed by atoms with E-state index >= 15 is 0 Å². The van der Waals surface area contributed by atoms with E-state index in [-0.39, 0.29) is 35.9 Å². The second-order valence-corrected chi connectivity index (χ2v) is 19.3. The highest BCUT2D eigenvalue weighted by Crippen LogP contribution is 2.42. The molecule has 4 fully saturated rings. The first-order valence-corrected chi connectivity index (χ1v) is 23.3. The number of imide groups is 1. The van der Waals surface area contributed by atoms with Crippen LogP contribution in [0.25, 0.3) is 28.0 Å². The number of nitrogens with zero attached hydrogens (tertiary/aromatic N) is 11. The number of hydrogen-bond acceptors (Lipinski definition) is 11. The molecule has 18 nitrogen and oxygen atoms in total. The number of anilines is 2. The zero-order chi connectivity index (χ0) is 47.0. The van der Waals surface area contributed by atoms with Crippen LogP contribution in [0.15, 0.2) is 79.5 Å². The molecule has 2 aromatic carbocycles. The molecule has 0 spiro atoms. The molecule has 4 saturated heterocycles. The molecule has 4 aliphatic rings. The number of carbonyl (C=O) groups is 4. The first-order chi connectivity index (χ1) is 32.3. The second kappa shape index (κ2) is 18.7. The van der Waals surface area contributed by atoms with E-state index < -0.39 is 0 Å². The predicted molar refractivity (Wildman–Crippen MR) is 253 cm³/mol. The maximum absolute atomic E-state index is 13.1. The summed E-state index contributed by atoms with van der Waals surface area (Å²) in [5.74, 6) is 0.198. The van der Waals surface area contributed by atoms with Crippen molar-refractivity contribution in [1.29, 1.82) is 0 Å². The maximum atomic E-state index is 13.1. The van der Waals surface area contributed by atoms with Gasteiger partial charge in [0.05, 0.1) is 59.3 Å². The van der Waals surface area contributed by atoms with E-state index in [1.165, 1.54) is 31.4 Å². The Balaban J connectivity index is 0.00000183. The van der Waals surface area contributed by atoms with Crippen molar-refractivity contribution in [2.75, 3.05) is 36.0 Å². The van der Waals surface area contributed by atoms with Crippen LogP contribution in [0.4, 0.5) is 16.2 Å². The number of aromatic nitrogens is 8. The van der Waals surface area contributed by atoms with Crippen molar-refractivity contribution in [3.05, 3.63) is 96.3 Å². The smallest absolute Gasteiger partial charge is 0.328 e. The molecule has 4 aromatic heterocycles. The number of amides is 4. The molecule has 0 aliphatic carbocycles. The number of benzene rings is 2. The molecule has 18 heteroatoms. The van der Waals surface area contributed by atoms with Gasteiger partial charge in [-0.25, -0.2) is 19.0 Å². The number of hydrogen-bond donors (Lipinski definition) is 3. The third kappa shape index (κ3) is 9.52. The van der Waals surface area contributed by atoms with E-state index in [1.54, 1.807) is 22.0 Å². The number of fused-ring (bicyclic) bond motifs is 3. The summed E-state index contributed by atoms with van der Waals surface area (Å²) >= 11 is 0. The molecule has 4 amide bonds. The van der Waals surface area contributed by atoms with Crippen LogP contribution in [0.3, 0.4) is 0 Å². The Hall–Kier alpha value is -6.95. The Morgan fingerprint density at radius 3 is 2.30 bits per heavy atom. The molecule has 10 rings (SSSR count). The minimum atomic E-state index is -0.348. The van der Waals surface area contributed by atoms with Crippen molar-refractivity contribution in [1.82, 2.24) is 54.9 Å². The summed E-state index contributed by atoms with van der Waals surface area (Å²) < 4.78 is 5.78. The molecule has 2 bridgehead atoms. The fraction of sp³-hybridized carbons (Fsp3) is 0.449. The molecule has 2 unspecified atom stereocenters. The Morgan fingerprint density at radius 2 is 1.63 bits per heavy atom. The van der Waals surface area contributed by atoms with Gasteiger partial charge in [0.2, 0.25) is 5.91 Å². The number of rotatable bonds is 10. The van der Waals surface area contributed by atoms with E-state index in [4.69, 9.17) is 20.0 Å². The van der Waals surface area contributed by atoms with Crippen molar-refractivity contribution >= 4 is 41.2 Å². The fourth-order valence-corrected chi connectivity index (χ4v) is 10.4. The SMILES string of the molecule is Cc1cc(-c2nc(-c3cnn(C4CC5CCC(C4)N5CC4CCN(c5ccc(N6CCC(=O)NC6=O)cc5)CC4)c3)cn3nccc23)ccc1[C@@H](C)NC(=O)c1cn(C(C)(C)C)nn1.O=CO. The lowest BCUT2D eigenvalue weighted by molar-refractivity contribution is -0.123. The van der Waals surface area contributed by atoms with Gasteiger partial charge in [-0.1, -0.05) is 17.3 Å². The zero-order valence-electron chi connectivity index (χ0n) is 38.7. The van der Waals surface area contributed by atoms with Gasteiger partial charge in [0.1, 0.15) is 0 Å². The van der Waals surface area contributed by atoms with Gasteiger partial charge in [-0.3, -0.25) is 34.2 Å². The van der Waals surface area contributed by atoms with Crippen LogP contribution >= 0.6 is 0 Å². The minimum Gasteiger partial charge on any atom is -0.483 e. The van der Waals surface area contributed by atoms with Crippen LogP contribution in [0.1, 0.15) is 106 Å². The number of urea groups is 1. The average molecular weight is 910 g/mol. The summed E-state index contributed by atoms with van der Waals surface area (Å²) in [6, 6.07) is 17.3. The minimum absolute atomic E-state index is 0.217. The normalized spacial score (nSPS) is 20.6. The Kier molecular flexibility index (Phi) is 12.6. The summed E-state index contributed by atoms with van der Waals surface area (Å²) in [4.78, 5) is 57.5. The van der Waals surface area contributed by atoms with Crippen LogP contribution in [-0.4, -0.2) is 112 Å². The summed E-state index contributed by atoms with van der Waals surface area (Å²) in [5, 5.41) is 30.2. The van der Waals surface area contributed by atoms with Gasteiger partial charge in [-0.05, 0) is 127 Å². The standard InChI is InChI=1S/C48H57N13O3.CH2O2/c1-30-22-33(6-13-40(30)31(2)51-46(63)42-29-61(55-54-42)48(3,4)5)45-43-14-18-49-60(43)28-41(52-45)34-25-50-59(27-34)39-23-37-11-12-38(24-39)58(37)26-32-15-19-56(20-16-32)35-7-9-36(10-8-35)57-21-17-44(62)53-47(57)64;2-1-3/h6-10,13-14,18,22,25,27-29,31-32,37-39H,11-12,15-17,19-21,23-24,26H2,1-5H3,(H,51,63)(H,53,62,64);1H,(H,2,3)/t31-,37?,38?,39?;/m1./s1. The highest BCUT2D eigenvalue weighted by atomic mass is 16.3. The van der Waals surface area contributed by atoms with E-state index in [0.717, 1.165) is 77.3 Å². The van der Waals surface area contributed by atoms with Crippen molar-refractivity contribution in [3.8, 4) is 22.5 Å². The quantitative estimate of drug-likeness (QED) is 0.124. The van der Waals surface area contributed by atoms with Gasteiger partial charge in [0.15, 0.2) is 5.69 Å². The van der Waals surface area contributed by atoms with Crippen LogP contribution in [0.5, 0.6) is 0 Å². The molecule has 67 heavy (non-hydrogen) atoms. The Bertz CT molecular complexity index is 2750. The number of carbonyl (C=O) groups excluding carboxylic acids is 3. The first kappa shape index (κ1) is 45.2. The van der Waals surface area contributed by atoms with Crippen LogP contribution in [0, 0.1) is 12.8 Å². The van der Waals surface area contributed by atoms with Gasteiger partial charge in [-0.2, -0.15) is 10.2 Å². The van der Waals surface area contributed by atoms with E-state index in [0.29, 0.717) is 42.7 Å². The molecule has 3 atom stereocenters. The van der Waals surface area contributed by atoms with Crippen molar-refractivity contribution in [2.45, 2.75) is 109 Å². The third-order valence-corrected chi connectivity index (χ3v) is 14.0. The molecular formula is C49H59N13O5. The largest absolute Gasteiger partial charge is 0.483 e. The molecular weight excluding hydrogens is 851 g/mol. The lowest BCUT2D eigenvalue weighted by atomic mass is 9.91. The van der Waals surface area contributed by atoms with E-state index in [1.807, 2.05) is 62.8 Å². The van der Waals surface area contributed by atoms with Gasteiger partial charge in [0, 0.05) is 73.4 Å². The predicted octanol–water partition coefficient (Wildman–Crippen LogP) is 6.64. The maximum Gasteiger partial charge on any atom is 0.328 e. The second-order valence-electron chi connectivity index (χ2n) is 19.3. The van der Waals surface area contributed by atoms with Gasteiger partial charge in [-0.15, -0.1) is 5.10 Å². The molecule has 8 heterocycles. The molecule has 350 valence electrons. The Morgan fingerprint density at radius 1 is 0.910 bits per heavy atom. The summed E-state index contributed by atoms with van der Waals surface area (Å²) in [6.45, 7) is 13.5. The van der Waals surface area contributed by atoms with Crippen LogP contribution in [-0.2, 0) is 15.1 Å². The highest BCUT2D eigenvalue weighted by molar-refractivity contribution is 6.05. The molecule has 0 radical (unpaired) electrons. The lowest BCUT2D eigenvalue weighted by Gasteiger charge is -2.42. The van der Waals surface area contributed by atoms with Crippen molar-refractivity contribution in [3.63, 3.8) is 0 Å². The van der Waals surface area contributed by atoms with Gasteiger partial charge < -0.3 is 15.3 Å². The van der Waals surface area contributed by atoms with Crippen molar-refractivity contribution < 1.29 is 24.3 Å². The molecule has 6 aromatic rings. The summed E-state index contributed by atoms with van der Waals surface area (Å²) in [5.41, 5.74) is 8.60. The van der Waals surface area contributed by atoms with E-state index in [2.05, 4.69) is 84.0 Å². The fourth-order valence-electron chi connectivity index (χ4n) is 10.4. The molecule has 3 N–H and O–H groups in total. The number of aryl methyl sites for hydroxylation is 1. The lowest BCUT2D eigenvalue weighted by Crippen LogP contribution is -2.49. The highest BCUT2D eigenvalue weighted by Gasteiger charge is 2.42. The average Bonchev–Trinajstić information content (AvgIpc) is 4.14. The van der Waals surface area contributed by atoms with Crippen molar-refractivity contribution in [2.24, 2.45) is 5.92 Å². The number of piperidine rings is 2. The van der Waals surface area contributed by atoms with Gasteiger partial charge in [0.25, 0.3) is 12.4 Å². The zero-order valence-corrected chi connectivity index (χ0v) is 38.7. The summed E-state index contributed by atoms with van der Waals surface area (Å²) in [7, 11) is 0. The molecule has 4 aliphatic heterocycles. The topological polar surface area (TPSA) is 201 Å². The van der Waals surface area contributed by atoms with Crippen LogP contribution < -0.4 is 20.4 Å². The third-order valence-electron chi connectivity index (χ3n) is 14.0. The van der Waals surface area contributed by atoms with Crippen LogP contribution in [0.2, 0.25) is 0 Å². The molecule has 0 saturated carbocycles. The monoisotopic (exact) mass is 909 g/mol. The van der Waals surface area contributed by atoms with E-state index in [9.17, 15) is 14.4 Å². The van der Waals surface area contributed by atoms with Gasteiger partial charge >= 0.3 is 6.03 Å². The Labute approximate surface area is 389 Å². The first-order valence-electron chi connectivity index (χ1n) is 23.3. The number of carboxylic acid groups (broad SMARTS) is 1. The summed E-state index contributed by atoms with van der Waals surface area (Å²) in [6.07, 6.45) is 16.9. The number of nitrogens with one attached hydrogen (secondary N) is 2.